The zero-order valence-corrected chi connectivity index (χ0v) is 12.1. The molecule has 0 unspecified atom stereocenters. The lowest BCUT2D eigenvalue weighted by molar-refractivity contribution is 0.0811. The third-order valence-corrected chi connectivity index (χ3v) is 2.98. The molecular weight excluding hydrogens is 252 g/mol. The van der Waals surface area contributed by atoms with Crippen molar-refractivity contribution < 1.29 is 9.47 Å². The normalized spacial score (nSPS) is 11.2. The van der Waals surface area contributed by atoms with Gasteiger partial charge in [0.05, 0.1) is 6.61 Å². The van der Waals surface area contributed by atoms with Crippen molar-refractivity contribution in [2.24, 2.45) is 11.7 Å². The van der Waals surface area contributed by atoms with Crippen molar-refractivity contribution in [3.63, 3.8) is 0 Å². The van der Waals surface area contributed by atoms with Gasteiger partial charge in [-0.2, -0.15) is 0 Å². The van der Waals surface area contributed by atoms with Crippen molar-refractivity contribution in [2.75, 3.05) is 19.8 Å². The van der Waals surface area contributed by atoms with Crippen LogP contribution >= 0.6 is 0 Å². The quantitative estimate of drug-likeness (QED) is 0.789. The van der Waals surface area contributed by atoms with Crippen LogP contribution < -0.4 is 10.5 Å². The summed E-state index contributed by atoms with van der Waals surface area (Å²) in [5.41, 5.74) is 6.76. The van der Waals surface area contributed by atoms with Crippen LogP contribution in [0.1, 0.15) is 19.4 Å². The van der Waals surface area contributed by atoms with Crippen LogP contribution in [0.3, 0.4) is 0 Å². The predicted molar refractivity (Wildman–Crippen MR) is 80.8 cm³/mol. The first-order valence-corrected chi connectivity index (χ1v) is 6.99. The standard InChI is InChI=1S/C16H22N2O2/c1-12(2)11-19-7-8-20-16-15-6-4-3-5-14(15)13(9-17)10-18-16/h3-6,10,12H,7-9,11,17H2,1-2H3. The number of benzene rings is 1. The highest BCUT2D eigenvalue weighted by atomic mass is 16.5. The molecule has 0 aliphatic carbocycles. The minimum Gasteiger partial charge on any atom is -0.475 e. The number of aromatic nitrogens is 1. The number of nitrogens with two attached hydrogens (primary N) is 1. The first-order chi connectivity index (χ1) is 9.72. The second kappa shape index (κ2) is 7.22. The smallest absolute Gasteiger partial charge is 0.221 e. The SMILES string of the molecule is CC(C)COCCOc1ncc(CN)c2ccccc12. The summed E-state index contributed by atoms with van der Waals surface area (Å²) in [6.07, 6.45) is 1.78. The zero-order chi connectivity index (χ0) is 14.4. The molecule has 0 aliphatic rings. The summed E-state index contributed by atoms with van der Waals surface area (Å²) in [6, 6.07) is 8.02. The molecule has 2 rings (SSSR count). The van der Waals surface area contributed by atoms with Crippen molar-refractivity contribution >= 4 is 10.8 Å². The number of rotatable bonds is 7. The van der Waals surface area contributed by atoms with Gasteiger partial charge in [0.2, 0.25) is 5.88 Å². The molecule has 0 amide bonds. The molecule has 1 aromatic carbocycles. The lowest BCUT2D eigenvalue weighted by Crippen LogP contribution is -2.11. The molecule has 0 spiro atoms. The fourth-order valence-corrected chi connectivity index (χ4v) is 2.02. The van der Waals surface area contributed by atoms with Crippen molar-refractivity contribution in [1.82, 2.24) is 4.98 Å². The highest BCUT2D eigenvalue weighted by Gasteiger charge is 2.07. The molecular formula is C16H22N2O2. The van der Waals surface area contributed by atoms with Gasteiger partial charge < -0.3 is 15.2 Å². The Morgan fingerprint density at radius 2 is 1.90 bits per heavy atom. The Morgan fingerprint density at radius 1 is 1.15 bits per heavy atom. The van der Waals surface area contributed by atoms with Crippen LogP contribution in [0.5, 0.6) is 5.88 Å². The van der Waals surface area contributed by atoms with Gasteiger partial charge in [0.15, 0.2) is 0 Å². The summed E-state index contributed by atoms with van der Waals surface area (Å²) in [5, 5.41) is 2.10. The van der Waals surface area contributed by atoms with Gasteiger partial charge in [-0.15, -0.1) is 0 Å². The fraction of sp³-hybridized carbons (Fsp3) is 0.438. The summed E-state index contributed by atoms with van der Waals surface area (Å²) < 4.78 is 11.2. The van der Waals surface area contributed by atoms with Crippen LogP contribution in [0.4, 0.5) is 0 Å². The molecule has 0 fully saturated rings. The highest BCUT2D eigenvalue weighted by molar-refractivity contribution is 5.89. The van der Waals surface area contributed by atoms with E-state index in [0.29, 0.717) is 31.6 Å². The zero-order valence-electron chi connectivity index (χ0n) is 12.1. The summed E-state index contributed by atoms with van der Waals surface area (Å²) in [7, 11) is 0. The number of ether oxygens (including phenoxy) is 2. The lowest BCUT2D eigenvalue weighted by Gasteiger charge is -2.11. The van der Waals surface area contributed by atoms with E-state index in [9.17, 15) is 0 Å². The molecule has 0 radical (unpaired) electrons. The Balaban J connectivity index is 2.03. The van der Waals surface area contributed by atoms with Crippen molar-refractivity contribution in [1.29, 1.82) is 0 Å². The summed E-state index contributed by atoms with van der Waals surface area (Å²) in [5.74, 6) is 1.18. The van der Waals surface area contributed by atoms with E-state index in [1.807, 2.05) is 24.3 Å². The second-order valence-corrected chi connectivity index (χ2v) is 5.16. The maximum absolute atomic E-state index is 5.73. The van der Waals surface area contributed by atoms with Crippen LogP contribution in [0, 0.1) is 5.92 Å². The van der Waals surface area contributed by atoms with E-state index in [1.165, 1.54) is 0 Å². The molecule has 0 saturated carbocycles. The van der Waals surface area contributed by atoms with Crippen LogP contribution in [-0.4, -0.2) is 24.8 Å². The predicted octanol–water partition coefficient (Wildman–Crippen LogP) is 2.74. The third kappa shape index (κ3) is 3.68. The molecule has 0 aliphatic heterocycles. The van der Waals surface area contributed by atoms with Crippen molar-refractivity contribution in [3.8, 4) is 5.88 Å². The molecule has 2 aromatic rings. The molecule has 2 N–H and O–H groups in total. The van der Waals surface area contributed by atoms with Crippen LogP contribution in [0.15, 0.2) is 30.5 Å². The Labute approximate surface area is 119 Å². The van der Waals surface area contributed by atoms with Gasteiger partial charge in [-0.1, -0.05) is 32.0 Å². The summed E-state index contributed by atoms with van der Waals surface area (Å²) in [4.78, 5) is 4.35. The average Bonchev–Trinajstić information content (AvgIpc) is 2.46. The van der Waals surface area contributed by atoms with E-state index in [1.54, 1.807) is 6.20 Å². The fourth-order valence-electron chi connectivity index (χ4n) is 2.02. The summed E-state index contributed by atoms with van der Waals surface area (Å²) >= 11 is 0. The number of hydrogen-bond acceptors (Lipinski definition) is 4. The van der Waals surface area contributed by atoms with E-state index in [2.05, 4.69) is 18.8 Å². The van der Waals surface area contributed by atoms with E-state index >= 15 is 0 Å². The Morgan fingerprint density at radius 3 is 2.60 bits per heavy atom. The monoisotopic (exact) mass is 274 g/mol. The topological polar surface area (TPSA) is 57.4 Å². The highest BCUT2D eigenvalue weighted by Crippen LogP contribution is 2.25. The lowest BCUT2D eigenvalue weighted by atomic mass is 10.1. The van der Waals surface area contributed by atoms with Gasteiger partial charge in [-0.05, 0) is 22.9 Å². The molecule has 1 aromatic heterocycles. The van der Waals surface area contributed by atoms with Gasteiger partial charge in [0.25, 0.3) is 0 Å². The average molecular weight is 274 g/mol. The maximum atomic E-state index is 5.73. The number of nitrogens with zero attached hydrogens (tertiary/aromatic N) is 1. The largest absolute Gasteiger partial charge is 0.475 e. The number of hydrogen-bond donors (Lipinski definition) is 1. The molecule has 0 saturated heterocycles. The van der Waals surface area contributed by atoms with Crippen LogP contribution in [0.2, 0.25) is 0 Å². The maximum Gasteiger partial charge on any atom is 0.221 e. The Hall–Kier alpha value is -1.65. The molecule has 108 valence electrons. The van der Waals surface area contributed by atoms with E-state index in [4.69, 9.17) is 15.2 Å². The molecule has 4 nitrogen and oxygen atoms in total. The van der Waals surface area contributed by atoms with E-state index in [-0.39, 0.29) is 0 Å². The van der Waals surface area contributed by atoms with Gasteiger partial charge in [0, 0.05) is 24.7 Å². The van der Waals surface area contributed by atoms with Gasteiger partial charge >= 0.3 is 0 Å². The van der Waals surface area contributed by atoms with Crippen LogP contribution in [0.25, 0.3) is 10.8 Å². The number of pyridine rings is 1. The molecule has 0 bridgehead atoms. The number of fused-ring (bicyclic) bond motifs is 1. The van der Waals surface area contributed by atoms with Gasteiger partial charge in [-0.25, -0.2) is 4.98 Å². The van der Waals surface area contributed by atoms with Gasteiger partial charge in [0.1, 0.15) is 6.61 Å². The second-order valence-electron chi connectivity index (χ2n) is 5.16. The van der Waals surface area contributed by atoms with Crippen LogP contribution in [-0.2, 0) is 11.3 Å². The Kier molecular flexibility index (Phi) is 5.32. The third-order valence-electron chi connectivity index (χ3n) is 2.98. The molecule has 4 heteroatoms. The van der Waals surface area contributed by atoms with Crippen molar-refractivity contribution in [3.05, 3.63) is 36.0 Å². The first kappa shape index (κ1) is 14.8. The van der Waals surface area contributed by atoms with E-state index < -0.39 is 0 Å². The minimum absolute atomic E-state index is 0.477. The Bertz CT molecular complexity index is 555. The molecule has 1 heterocycles. The first-order valence-electron chi connectivity index (χ1n) is 6.99. The van der Waals surface area contributed by atoms with Gasteiger partial charge in [-0.3, -0.25) is 0 Å². The minimum atomic E-state index is 0.477. The summed E-state index contributed by atoms with van der Waals surface area (Å²) in [6.45, 7) is 6.57. The molecule has 0 atom stereocenters. The molecule has 20 heavy (non-hydrogen) atoms. The van der Waals surface area contributed by atoms with Crippen molar-refractivity contribution in [2.45, 2.75) is 20.4 Å². The van der Waals surface area contributed by atoms with E-state index in [0.717, 1.165) is 22.9 Å².